The molecule has 12 amide bonds. The topological polar surface area (TPSA) is 588 Å². The van der Waals surface area contributed by atoms with Crippen molar-refractivity contribution in [2.24, 2.45) is 5.41 Å². The molecule has 0 aliphatic heterocycles. The van der Waals surface area contributed by atoms with Gasteiger partial charge in [0.25, 0.3) is 0 Å². The molecule has 0 aromatic carbocycles. The molecular formula is C69H104N12O27. The Bertz CT molecular complexity index is 2920. The number of carboxylic acid groups (broad SMARTS) is 3. The average Bonchev–Trinajstić information content (AvgIpc) is 0.857. The molecule has 0 saturated heterocycles. The van der Waals surface area contributed by atoms with Gasteiger partial charge in [-0.05, 0) is 43.9 Å². The van der Waals surface area contributed by atoms with Gasteiger partial charge in [-0.3, -0.25) is 115 Å². The van der Waals surface area contributed by atoms with E-state index in [0.29, 0.717) is 53.6 Å². The highest BCUT2D eigenvalue weighted by atomic mass is 16.4. The van der Waals surface area contributed by atoms with E-state index in [1.165, 1.54) is 0 Å². The van der Waals surface area contributed by atoms with Crippen LogP contribution in [0.15, 0.2) is 0 Å². The summed E-state index contributed by atoms with van der Waals surface area (Å²) in [6.45, 7) is -0.307. The number of hydrogen-bond donors (Lipinski definition) is 12. The van der Waals surface area contributed by atoms with Crippen LogP contribution in [0.1, 0.15) is 188 Å². The summed E-state index contributed by atoms with van der Waals surface area (Å²) in [7, 11) is 0. The molecule has 0 saturated carbocycles. The number of Topliss-reactive ketones (excluding diaryl/α,β-unsaturated/α-hetero) is 9. The quantitative estimate of drug-likeness (QED) is 0.0266. The maximum atomic E-state index is 13.4. The van der Waals surface area contributed by atoms with Crippen LogP contribution >= 0.6 is 0 Å². The fourth-order valence-corrected chi connectivity index (χ4v) is 9.74. The lowest BCUT2D eigenvalue weighted by molar-refractivity contribution is -0.146. The van der Waals surface area contributed by atoms with Crippen LogP contribution in [0.25, 0.3) is 0 Å². The van der Waals surface area contributed by atoms with Crippen molar-refractivity contribution >= 4 is 141 Å². The molecule has 0 radical (unpaired) electrons. The molecule has 0 heterocycles. The van der Waals surface area contributed by atoms with Gasteiger partial charge in [0.1, 0.15) is 38.9 Å². The number of nitrogens with zero attached hydrogens (tertiary/aromatic N) is 3. The van der Waals surface area contributed by atoms with Gasteiger partial charge in [0.2, 0.25) is 70.9 Å². The van der Waals surface area contributed by atoms with Gasteiger partial charge in [0.05, 0.1) is 58.9 Å². The highest BCUT2D eigenvalue weighted by Crippen LogP contribution is 2.39. The van der Waals surface area contributed by atoms with Crippen molar-refractivity contribution in [3.8, 4) is 0 Å². The lowest BCUT2D eigenvalue weighted by atomic mass is 9.72. The molecule has 39 nitrogen and oxygen atoms in total. The zero-order valence-corrected chi connectivity index (χ0v) is 61.8. The van der Waals surface area contributed by atoms with E-state index in [4.69, 9.17) is 0 Å². The van der Waals surface area contributed by atoms with Crippen molar-refractivity contribution in [1.82, 2.24) is 62.6 Å². The number of carbonyl (C=O) groups is 24. The minimum Gasteiger partial charge on any atom is -0.480 e. The third-order valence-corrected chi connectivity index (χ3v) is 16.0. The Balaban J connectivity index is 5.95. The summed E-state index contributed by atoms with van der Waals surface area (Å²) in [5, 5.41) is 49.6. The summed E-state index contributed by atoms with van der Waals surface area (Å²) in [6.07, 6.45) is -6.42. The van der Waals surface area contributed by atoms with Crippen molar-refractivity contribution in [2.75, 3.05) is 98.2 Å². The van der Waals surface area contributed by atoms with Gasteiger partial charge in [0.15, 0.2) is 52.0 Å². The van der Waals surface area contributed by atoms with Gasteiger partial charge in [-0.15, -0.1) is 0 Å². The van der Waals surface area contributed by atoms with E-state index in [2.05, 4.69) is 47.9 Å². The molecule has 0 aliphatic rings. The first-order valence-corrected chi connectivity index (χ1v) is 35.5. The maximum Gasteiger partial charge on any atom is 0.323 e. The summed E-state index contributed by atoms with van der Waals surface area (Å²) in [6, 6.07) is 0. The van der Waals surface area contributed by atoms with Crippen LogP contribution < -0.4 is 47.9 Å². The second-order valence-electron chi connectivity index (χ2n) is 25.4. The predicted octanol–water partition coefficient (Wildman–Crippen LogP) is -3.29. The summed E-state index contributed by atoms with van der Waals surface area (Å²) >= 11 is 0. The number of carboxylic acids is 3. The van der Waals surface area contributed by atoms with Crippen molar-refractivity contribution in [1.29, 1.82) is 0 Å². The largest absolute Gasteiger partial charge is 0.480 e. The lowest BCUT2D eigenvalue weighted by Crippen LogP contribution is -2.40. The number of carbonyl (C=O) groups excluding carboxylic acids is 21. The zero-order valence-electron chi connectivity index (χ0n) is 61.8. The molecule has 0 aromatic rings. The van der Waals surface area contributed by atoms with Crippen LogP contribution in [-0.4, -0.2) is 269 Å². The Labute approximate surface area is 623 Å². The first kappa shape index (κ1) is 97.1. The van der Waals surface area contributed by atoms with Gasteiger partial charge in [-0.2, -0.15) is 0 Å². The lowest BCUT2D eigenvalue weighted by Gasteiger charge is -2.33. The summed E-state index contributed by atoms with van der Waals surface area (Å²) in [5.74, 6) is -19.4. The van der Waals surface area contributed by atoms with E-state index >= 15 is 0 Å². The van der Waals surface area contributed by atoms with Crippen molar-refractivity contribution in [3.05, 3.63) is 0 Å². The van der Waals surface area contributed by atoms with E-state index in [1.807, 2.05) is 0 Å². The van der Waals surface area contributed by atoms with Gasteiger partial charge in [-0.1, -0.05) is 34.1 Å². The Hall–Kier alpha value is -10.9. The molecule has 0 atom stereocenters. The van der Waals surface area contributed by atoms with Gasteiger partial charge >= 0.3 is 17.9 Å². The molecule has 108 heavy (non-hydrogen) atoms. The van der Waals surface area contributed by atoms with Crippen molar-refractivity contribution in [2.45, 2.75) is 188 Å². The second-order valence-corrected chi connectivity index (χ2v) is 25.4. The Morgan fingerprint density at radius 2 is 0.444 bits per heavy atom. The molecule has 0 aromatic heterocycles. The standard InChI is InChI=1S/C69H104N12O27/c1-5-27-70-57(94)30-60(97)76-33-45(82)12-18-63(100)79(42-66(103)104)39-51(88)9-15-54(91)73-36-48(85)21-24-69(8-4,25-22-49(86)37-74-55(92)16-10-52(89)40-80(43-67(105)106)64(101)19-13-46(83)34-77-61(98)31-58(95)71-28-6-2)26-23-50(87)38-75-56(93)17-11-53(90)41-81(44-68(107)108)65(102)20-14-47(84)35-78-62(99)32-59(96)72-29-7-3/h5-44H2,1-4H3,(H,70,94)(H,71,95)(H,72,96)(H,73,91)(H,74,92)(H,75,93)(H,76,97)(H,77,98)(H,78,99)(H,103,104)(H,105,106)(H,107,108). The molecule has 0 unspecified atom stereocenters. The van der Waals surface area contributed by atoms with Crippen LogP contribution in [0.4, 0.5) is 0 Å². The molecule has 12 N–H and O–H groups in total. The molecule has 0 spiro atoms. The molecule has 0 rings (SSSR count). The Morgan fingerprint density at radius 1 is 0.241 bits per heavy atom. The van der Waals surface area contributed by atoms with E-state index < -0.39 is 321 Å². The third kappa shape index (κ3) is 49.7. The van der Waals surface area contributed by atoms with Gasteiger partial charge < -0.3 is 77.9 Å². The van der Waals surface area contributed by atoms with E-state index in [-0.39, 0.29) is 44.9 Å². The minimum atomic E-state index is -1.50. The Morgan fingerprint density at radius 3 is 0.657 bits per heavy atom. The van der Waals surface area contributed by atoms with E-state index in [0.717, 1.165) is 0 Å². The maximum absolute atomic E-state index is 13.4. The fourth-order valence-electron chi connectivity index (χ4n) is 9.74. The molecule has 0 aliphatic carbocycles. The highest BCUT2D eigenvalue weighted by Gasteiger charge is 2.32. The fraction of sp³-hybridized carbons (Fsp3) is 0.652. The number of amides is 12. The summed E-state index contributed by atoms with van der Waals surface area (Å²) in [4.78, 5) is 301. The summed E-state index contributed by atoms with van der Waals surface area (Å²) in [5.41, 5.74) is -0.995. The normalized spacial score (nSPS) is 10.7. The van der Waals surface area contributed by atoms with Crippen LogP contribution in [-0.2, 0) is 115 Å². The van der Waals surface area contributed by atoms with Crippen LogP contribution in [0.2, 0.25) is 0 Å². The Kier molecular flexibility index (Phi) is 49.9. The first-order valence-electron chi connectivity index (χ1n) is 35.5. The number of hydrogen-bond acceptors (Lipinski definition) is 24. The van der Waals surface area contributed by atoms with Gasteiger partial charge in [-0.25, -0.2) is 0 Å². The minimum absolute atomic E-state index is 0.00139. The van der Waals surface area contributed by atoms with Crippen LogP contribution in [0, 0.1) is 5.41 Å². The summed E-state index contributed by atoms with van der Waals surface area (Å²) < 4.78 is 0. The predicted molar refractivity (Wildman–Crippen MR) is 375 cm³/mol. The SMILES string of the molecule is CCCNC(=O)CC(=O)NCC(=O)CCC(=O)N(CC(=O)O)CC(=O)CCC(=O)NCC(=O)CCC(CC)(CCC(=O)CNC(=O)CCC(=O)CN(CC(=O)O)C(=O)CCC(=O)CNC(=O)CC(=O)NCCC)CCC(=O)CNC(=O)CCC(=O)CN(CC(=O)O)C(=O)CCC(=O)CNC(=O)CC(=O)NCCC. The number of rotatable bonds is 64. The molecular weight excluding hydrogens is 1430 g/mol. The van der Waals surface area contributed by atoms with Crippen LogP contribution in [0.5, 0.6) is 0 Å². The van der Waals surface area contributed by atoms with Crippen molar-refractivity contribution < 1.29 is 130 Å². The molecule has 602 valence electrons. The third-order valence-electron chi connectivity index (χ3n) is 16.0. The molecule has 0 fully saturated rings. The van der Waals surface area contributed by atoms with Gasteiger partial charge in [0, 0.05) is 116 Å². The van der Waals surface area contributed by atoms with Crippen LogP contribution in [0.3, 0.4) is 0 Å². The molecule has 39 heteroatoms. The molecule has 0 bridgehead atoms. The zero-order chi connectivity index (χ0) is 81.7. The van der Waals surface area contributed by atoms with E-state index in [9.17, 15) is 130 Å². The number of aliphatic carboxylic acids is 3. The number of ketones is 9. The first-order chi connectivity index (χ1) is 50.9. The van der Waals surface area contributed by atoms with E-state index in [1.54, 1.807) is 27.7 Å². The van der Waals surface area contributed by atoms with Crippen molar-refractivity contribution in [3.63, 3.8) is 0 Å². The smallest absolute Gasteiger partial charge is 0.323 e. The number of nitrogens with one attached hydrogen (secondary N) is 9. The highest BCUT2D eigenvalue weighted by molar-refractivity contribution is 6.02. The monoisotopic (exact) mass is 1530 g/mol. The average molecular weight is 1530 g/mol. The second kappa shape index (κ2) is 55.5.